The van der Waals surface area contributed by atoms with Crippen LogP contribution in [-0.2, 0) is 0 Å². The van der Waals surface area contributed by atoms with E-state index in [1.807, 2.05) is 26.0 Å². The minimum absolute atomic E-state index is 0.0731. The quantitative estimate of drug-likeness (QED) is 0.747. The Balaban J connectivity index is 1.96. The summed E-state index contributed by atoms with van der Waals surface area (Å²) in [7, 11) is 0. The minimum Gasteiger partial charge on any atom is -0.493 e. The van der Waals surface area contributed by atoms with E-state index in [1.165, 1.54) is 19.3 Å². The maximum atomic E-state index is 12.5. The van der Waals surface area contributed by atoms with Gasteiger partial charge in [-0.2, -0.15) is 0 Å². The van der Waals surface area contributed by atoms with Gasteiger partial charge in [-0.3, -0.25) is 14.8 Å². The van der Waals surface area contributed by atoms with Crippen molar-refractivity contribution in [3.63, 3.8) is 0 Å². The Labute approximate surface area is 164 Å². The van der Waals surface area contributed by atoms with E-state index in [1.54, 1.807) is 12.1 Å². The first kappa shape index (κ1) is 20.1. The third kappa shape index (κ3) is 4.25. The van der Waals surface area contributed by atoms with Gasteiger partial charge < -0.3 is 10.0 Å². The van der Waals surface area contributed by atoms with Gasteiger partial charge in [-0.25, -0.2) is 9.36 Å². The Morgan fingerprint density at radius 2 is 1.89 bits per heavy atom. The van der Waals surface area contributed by atoms with Crippen molar-refractivity contribution >= 4 is 5.71 Å². The lowest BCUT2D eigenvalue weighted by atomic mass is 10.1. The lowest BCUT2D eigenvalue weighted by Crippen LogP contribution is -2.34. The fourth-order valence-corrected chi connectivity index (χ4v) is 3.70. The molecule has 0 spiro atoms. The molecule has 0 aliphatic carbocycles. The average Bonchev–Trinajstić information content (AvgIpc) is 2.68. The van der Waals surface area contributed by atoms with E-state index >= 15 is 0 Å². The fourth-order valence-electron chi connectivity index (χ4n) is 3.70. The van der Waals surface area contributed by atoms with E-state index in [2.05, 4.69) is 14.9 Å². The summed E-state index contributed by atoms with van der Waals surface area (Å²) in [6, 6.07) is 7.22. The second kappa shape index (κ2) is 9.01. The Hall–Kier alpha value is -2.67. The summed E-state index contributed by atoms with van der Waals surface area (Å²) in [5.41, 5.74) is 0.668. The van der Waals surface area contributed by atoms with Gasteiger partial charge in [0, 0.05) is 6.54 Å². The third-order valence-electron chi connectivity index (χ3n) is 5.23. The van der Waals surface area contributed by atoms with Crippen molar-refractivity contribution in [3.8, 4) is 11.6 Å². The van der Waals surface area contributed by atoms with E-state index in [0.717, 1.165) is 29.8 Å². The Bertz CT molecular complexity index is 968. The van der Waals surface area contributed by atoms with Gasteiger partial charge in [-0.15, -0.1) is 0 Å². The number of para-hydroxylation sites is 1. The van der Waals surface area contributed by atoms with Crippen LogP contribution < -0.4 is 11.2 Å². The predicted octanol–water partition coefficient (Wildman–Crippen LogP) is 2.22. The summed E-state index contributed by atoms with van der Waals surface area (Å²) >= 11 is 0. The van der Waals surface area contributed by atoms with Crippen LogP contribution in [0.1, 0.15) is 43.7 Å². The smallest absolute Gasteiger partial charge is 0.335 e. The number of benzene rings is 1. The summed E-state index contributed by atoms with van der Waals surface area (Å²) in [6.07, 6.45) is 4.20. The first-order chi connectivity index (χ1) is 13.5. The Kier molecular flexibility index (Phi) is 6.46. The molecule has 0 bridgehead atoms. The van der Waals surface area contributed by atoms with Crippen LogP contribution in [0.25, 0.3) is 5.69 Å². The largest absolute Gasteiger partial charge is 0.493 e. The van der Waals surface area contributed by atoms with Crippen molar-refractivity contribution in [2.75, 3.05) is 26.2 Å². The predicted molar refractivity (Wildman–Crippen MR) is 111 cm³/mol. The number of aliphatic imine (C=N–C) groups is 1. The molecular weight excluding hydrogens is 356 g/mol. The van der Waals surface area contributed by atoms with E-state index in [-0.39, 0.29) is 11.4 Å². The molecule has 7 heteroatoms. The van der Waals surface area contributed by atoms with Crippen molar-refractivity contribution in [2.24, 2.45) is 4.99 Å². The summed E-state index contributed by atoms with van der Waals surface area (Å²) < 4.78 is 1.14. The highest BCUT2D eigenvalue weighted by molar-refractivity contribution is 6.02. The molecule has 0 unspecified atom stereocenters. The summed E-state index contributed by atoms with van der Waals surface area (Å²) in [4.78, 5) is 34.2. The van der Waals surface area contributed by atoms with E-state index in [9.17, 15) is 14.7 Å². The van der Waals surface area contributed by atoms with Crippen LogP contribution in [0.3, 0.4) is 0 Å². The fraction of sp³-hybridized carbons (Fsp3) is 0.476. The maximum absolute atomic E-state index is 12.5. The molecule has 1 aliphatic heterocycles. The normalized spacial score (nSPS) is 15.7. The summed E-state index contributed by atoms with van der Waals surface area (Å²) in [5, 5.41) is 10.8. The first-order valence-corrected chi connectivity index (χ1v) is 9.93. The Morgan fingerprint density at radius 1 is 1.18 bits per heavy atom. The average molecular weight is 384 g/mol. The zero-order chi connectivity index (χ0) is 20.1. The lowest BCUT2D eigenvalue weighted by molar-refractivity contribution is 0.235. The highest BCUT2D eigenvalue weighted by Gasteiger charge is 2.20. The molecule has 2 aromatic rings. The first-order valence-electron chi connectivity index (χ1n) is 9.93. The monoisotopic (exact) mass is 384 g/mol. The van der Waals surface area contributed by atoms with E-state index in [4.69, 9.17) is 0 Å². The molecule has 0 saturated carbocycles. The number of hydrogen-bond acceptors (Lipinski definition) is 5. The van der Waals surface area contributed by atoms with Gasteiger partial charge in [0.15, 0.2) is 0 Å². The van der Waals surface area contributed by atoms with Gasteiger partial charge in [-0.1, -0.05) is 31.5 Å². The van der Waals surface area contributed by atoms with Crippen molar-refractivity contribution in [3.05, 3.63) is 56.2 Å². The third-order valence-corrected chi connectivity index (χ3v) is 5.23. The molecular formula is C21H28N4O3. The van der Waals surface area contributed by atoms with Crippen LogP contribution >= 0.6 is 0 Å². The standard InChI is InChI=1S/C21H28N4O3/c1-3-16(22-11-14-24-12-7-4-8-13-24)18-19(26)23-21(28)25(20(18)27)17-10-6-5-9-15(17)2/h5-6,9-10,27H,3-4,7-8,11-14H2,1-2H3,(H,23,26,28). The molecule has 2 heterocycles. The van der Waals surface area contributed by atoms with Gasteiger partial charge in [-0.05, 0) is 50.9 Å². The van der Waals surface area contributed by atoms with Crippen LogP contribution in [0, 0.1) is 6.92 Å². The number of aryl methyl sites for hydroxylation is 1. The molecule has 0 amide bonds. The second-order valence-corrected chi connectivity index (χ2v) is 7.16. The molecule has 2 N–H and O–H groups in total. The van der Waals surface area contributed by atoms with Crippen molar-refractivity contribution < 1.29 is 5.11 Å². The maximum Gasteiger partial charge on any atom is 0.335 e. The van der Waals surface area contributed by atoms with Crippen molar-refractivity contribution in [1.82, 2.24) is 14.5 Å². The molecule has 3 rings (SSSR count). The molecule has 0 atom stereocenters. The molecule has 150 valence electrons. The molecule has 1 fully saturated rings. The number of nitrogens with zero attached hydrogens (tertiary/aromatic N) is 3. The number of rotatable bonds is 6. The number of H-pyrrole nitrogens is 1. The number of likely N-dealkylation sites (tertiary alicyclic amines) is 1. The van der Waals surface area contributed by atoms with Crippen LogP contribution in [-0.4, -0.2) is 51.4 Å². The highest BCUT2D eigenvalue weighted by Crippen LogP contribution is 2.20. The summed E-state index contributed by atoms with van der Waals surface area (Å²) in [5.74, 6) is -0.360. The molecule has 0 radical (unpaired) electrons. The molecule has 1 saturated heterocycles. The number of hydrogen-bond donors (Lipinski definition) is 2. The van der Waals surface area contributed by atoms with Gasteiger partial charge in [0.05, 0.1) is 17.9 Å². The van der Waals surface area contributed by atoms with Crippen LogP contribution in [0.2, 0.25) is 0 Å². The van der Waals surface area contributed by atoms with Crippen LogP contribution in [0.5, 0.6) is 5.88 Å². The highest BCUT2D eigenvalue weighted by atomic mass is 16.3. The van der Waals surface area contributed by atoms with Gasteiger partial charge in [0.25, 0.3) is 5.56 Å². The molecule has 1 aromatic heterocycles. The lowest BCUT2D eigenvalue weighted by Gasteiger charge is -2.25. The number of piperidine rings is 1. The van der Waals surface area contributed by atoms with Crippen LogP contribution in [0.15, 0.2) is 38.8 Å². The topological polar surface area (TPSA) is 90.7 Å². The number of aromatic hydroxyl groups is 1. The number of nitrogens with one attached hydrogen (secondary N) is 1. The molecule has 1 aliphatic rings. The van der Waals surface area contributed by atoms with Crippen molar-refractivity contribution in [2.45, 2.75) is 39.5 Å². The second-order valence-electron chi connectivity index (χ2n) is 7.16. The van der Waals surface area contributed by atoms with Gasteiger partial charge in [0.2, 0.25) is 5.88 Å². The SMILES string of the molecule is CCC(=NCCN1CCCCC1)c1c(O)n(-c2ccccc2C)c(=O)[nH]c1=O. The zero-order valence-electron chi connectivity index (χ0n) is 16.6. The van der Waals surface area contributed by atoms with Gasteiger partial charge >= 0.3 is 5.69 Å². The molecule has 1 aromatic carbocycles. The van der Waals surface area contributed by atoms with Crippen molar-refractivity contribution in [1.29, 1.82) is 0 Å². The number of aromatic amines is 1. The molecule has 28 heavy (non-hydrogen) atoms. The zero-order valence-corrected chi connectivity index (χ0v) is 16.6. The number of aromatic nitrogens is 2. The Morgan fingerprint density at radius 3 is 2.57 bits per heavy atom. The summed E-state index contributed by atoms with van der Waals surface area (Å²) in [6.45, 7) is 7.30. The minimum atomic E-state index is -0.663. The van der Waals surface area contributed by atoms with E-state index < -0.39 is 11.2 Å². The van der Waals surface area contributed by atoms with Gasteiger partial charge in [0.1, 0.15) is 5.56 Å². The van der Waals surface area contributed by atoms with E-state index in [0.29, 0.717) is 24.4 Å². The molecule has 7 nitrogen and oxygen atoms in total. The van der Waals surface area contributed by atoms with Crippen LogP contribution in [0.4, 0.5) is 0 Å².